The molecule has 1 aliphatic rings. The maximum Gasteiger partial charge on any atom is 0.289 e. The fraction of sp³-hybridized carbons (Fsp3) is 0.500. The zero-order valence-corrected chi connectivity index (χ0v) is 10.4. The summed E-state index contributed by atoms with van der Waals surface area (Å²) < 4.78 is 5.09. The SMILES string of the molecule is CNC(=O)CN1CCN(C(=O)c2ccco2)CC1. The molecule has 0 bridgehead atoms. The Balaban J connectivity index is 1.83. The van der Waals surface area contributed by atoms with E-state index in [1.165, 1.54) is 6.26 Å². The molecule has 0 atom stereocenters. The summed E-state index contributed by atoms with van der Waals surface area (Å²) in [4.78, 5) is 27.0. The van der Waals surface area contributed by atoms with Gasteiger partial charge in [0.2, 0.25) is 5.91 Å². The molecule has 6 nitrogen and oxygen atoms in total. The predicted octanol–water partition coefficient (Wildman–Crippen LogP) is -0.217. The van der Waals surface area contributed by atoms with Gasteiger partial charge in [0.15, 0.2) is 5.76 Å². The van der Waals surface area contributed by atoms with Gasteiger partial charge in [-0.15, -0.1) is 0 Å². The summed E-state index contributed by atoms with van der Waals surface area (Å²) in [7, 11) is 1.62. The number of carbonyl (C=O) groups excluding carboxylic acids is 2. The summed E-state index contributed by atoms with van der Waals surface area (Å²) in [5.41, 5.74) is 0. The van der Waals surface area contributed by atoms with Crippen LogP contribution in [0.1, 0.15) is 10.6 Å². The summed E-state index contributed by atoms with van der Waals surface area (Å²) in [6.45, 7) is 3.05. The van der Waals surface area contributed by atoms with Crippen molar-refractivity contribution in [1.82, 2.24) is 15.1 Å². The number of nitrogens with one attached hydrogen (secondary N) is 1. The molecule has 0 radical (unpaired) electrons. The lowest BCUT2D eigenvalue weighted by Crippen LogP contribution is -2.50. The van der Waals surface area contributed by atoms with Crippen LogP contribution in [0.15, 0.2) is 22.8 Å². The molecule has 2 heterocycles. The molecule has 2 rings (SSSR count). The van der Waals surface area contributed by atoms with Gasteiger partial charge in [0.1, 0.15) is 0 Å². The van der Waals surface area contributed by atoms with E-state index in [9.17, 15) is 9.59 Å². The van der Waals surface area contributed by atoms with Gasteiger partial charge in [-0.25, -0.2) is 0 Å². The van der Waals surface area contributed by atoms with Gasteiger partial charge in [-0.2, -0.15) is 0 Å². The first-order valence-corrected chi connectivity index (χ1v) is 5.96. The maximum atomic E-state index is 12.0. The number of carbonyl (C=O) groups is 2. The third-order valence-electron chi connectivity index (χ3n) is 3.04. The Morgan fingerprint density at radius 1 is 1.33 bits per heavy atom. The molecule has 18 heavy (non-hydrogen) atoms. The average Bonchev–Trinajstić information content (AvgIpc) is 2.92. The number of furan rings is 1. The summed E-state index contributed by atoms with van der Waals surface area (Å²) in [6, 6.07) is 3.37. The van der Waals surface area contributed by atoms with Crippen LogP contribution in [-0.4, -0.2) is 61.4 Å². The number of piperazine rings is 1. The van der Waals surface area contributed by atoms with Gasteiger partial charge >= 0.3 is 0 Å². The first kappa shape index (κ1) is 12.6. The molecular weight excluding hydrogens is 234 g/mol. The van der Waals surface area contributed by atoms with Crippen LogP contribution in [-0.2, 0) is 4.79 Å². The van der Waals surface area contributed by atoms with E-state index in [1.807, 2.05) is 4.90 Å². The van der Waals surface area contributed by atoms with E-state index < -0.39 is 0 Å². The Labute approximate surface area is 106 Å². The van der Waals surface area contributed by atoms with Crippen LogP contribution in [0.2, 0.25) is 0 Å². The predicted molar refractivity (Wildman–Crippen MR) is 65.1 cm³/mol. The molecule has 98 valence electrons. The number of rotatable bonds is 3. The van der Waals surface area contributed by atoms with Crippen LogP contribution in [0.4, 0.5) is 0 Å². The van der Waals surface area contributed by atoms with Crippen molar-refractivity contribution in [3.8, 4) is 0 Å². The number of amides is 2. The van der Waals surface area contributed by atoms with Crippen molar-refractivity contribution in [2.75, 3.05) is 39.8 Å². The van der Waals surface area contributed by atoms with E-state index in [0.29, 0.717) is 38.5 Å². The molecule has 1 aromatic heterocycles. The lowest BCUT2D eigenvalue weighted by molar-refractivity contribution is -0.122. The highest BCUT2D eigenvalue weighted by atomic mass is 16.3. The lowest BCUT2D eigenvalue weighted by atomic mass is 10.3. The third kappa shape index (κ3) is 2.89. The van der Waals surface area contributed by atoms with E-state index in [1.54, 1.807) is 24.1 Å². The molecule has 1 saturated heterocycles. The van der Waals surface area contributed by atoms with Crippen LogP contribution in [0.3, 0.4) is 0 Å². The minimum Gasteiger partial charge on any atom is -0.459 e. The van der Waals surface area contributed by atoms with E-state index in [2.05, 4.69) is 5.32 Å². The summed E-state index contributed by atoms with van der Waals surface area (Å²) in [5, 5.41) is 2.59. The quantitative estimate of drug-likeness (QED) is 0.807. The third-order valence-corrected chi connectivity index (χ3v) is 3.04. The Bertz CT molecular complexity index is 408. The van der Waals surface area contributed by atoms with Gasteiger partial charge in [-0.05, 0) is 12.1 Å². The zero-order chi connectivity index (χ0) is 13.0. The van der Waals surface area contributed by atoms with E-state index in [-0.39, 0.29) is 11.8 Å². The highest BCUT2D eigenvalue weighted by molar-refractivity contribution is 5.91. The van der Waals surface area contributed by atoms with Gasteiger partial charge < -0.3 is 14.6 Å². The minimum atomic E-state index is -0.0837. The smallest absolute Gasteiger partial charge is 0.289 e. The lowest BCUT2D eigenvalue weighted by Gasteiger charge is -2.33. The van der Waals surface area contributed by atoms with Gasteiger partial charge in [-0.3, -0.25) is 14.5 Å². The highest BCUT2D eigenvalue weighted by Gasteiger charge is 2.24. The molecule has 1 fully saturated rings. The second-order valence-corrected chi connectivity index (χ2v) is 4.22. The Hall–Kier alpha value is -1.82. The zero-order valence-electron chi connectivity index (χ0n) is 10.4. The van der Waals surface area contributed by atoms with Crippen molar-refractivity contribution in [3.05, 3.63) is 24.2 Å². The largest absolute Gasteiger partial charge is 0.459 e. The molecule has 0 aliphatic carbocycles. The summed E-state index contributed by atoms with van der Waals surface area (Å²) >= 11 is 0. The van der Waals surface area contributed by atoms with Crippen molar-refractivity contribution in [2.45, 2.75) is 0 Å². The first-order valence-electron chi connectivity index (χ1n) is 5.96. The minimum absolute atomic E-state index is 0.000751. The molecule has 2 amide bonds. The van der Waals surface area contributed by atoms with Crippen LogP contribution in [0.5, 0.6) is 0 Å². The van der Waals surface area contributed by atoms with Crippen LogP contribution >= 0.6 is 0 Å². The van der Waals surface area contributed by atoms with E-state index >= 15 is 0 Å². The molecule has 0 unspecified atom stereocenters. The maximum absolute atomic E-state index is 12.0. The monoisotopic (exact) mass is 251 g/mol. The molecule has 1 aliphatic heterocycles. The Morgan fingerprint density at radius 3 is 2.61 bits per heavy atom. The summed E-state index contributed by atoms with van der Waals surface area (Å²) in [6.07, 6.45) is 1.50. The average molecular weight is 251 g/mol. The number of hydrogen-bond acceptors (Lipinski definition) is 4. The molecule has 1 aromatic rings. The molecule has 6 heteroatoms. The van der Waals surface area contributed by atoms with Crippen molar-refractivity contribution < 1.29 is 14.0 Å². The van der Waals surface area contributed by atoms with Crippen LogP contribution < -0.4 is 5.32 Å². The molecule has 0 spiro atoms. The first-order chi connectivity index (χ1) is 8.70. The molecule has 0 saturated carbocycles. The van der Waals surface area contributed by atoms with Crippen molar-refractivity contribution >= 4 is 11.8 Å². The van der Waals surface area contributed by atoms with Crippen molar-refractivity contribution in [1.29, 1.82) is 0 Å². The standard InChI is InChI=1S/C12H17N3O3/c1-13-11(16)9-14-4-6-15(7-5-14)12(17)10-3-2-8-18-10/h2-3,8H,4-7,9H2,1H3,(H,13,16). The topological polar surface area (TPSA) is 65.8 Å². The fourth-order valence-electron chi connectivity index (χ4n) is 1.95. The van der Waals surface area contributed by atoms with E-state index in [0.717, 1.165) is 0 Å². The highest BCUT2D eigenvalue weighted by Crippen LogP contribution is 2.09. The fourth-order valence-corrected chi connectivity index (χ4v) is 1.95. The van der Waals surface area contributed by atoms with Crippen molar-refractivity contribution in [3.63, 3.8) is 0 Å². The van der Waals surface area contributed by atoms with Crippen LogP contribution in [0, 0.1) is 0 Å². The Kier molecular flexibility index (Phi) is 3.99. The second-order valence-electron chi connectivity index (χ2n) is 4.22. The normalized spacial score (nSPS) is 16.6. The second kappa shape index (κ2) is 5.68. The molecule has 0 aromatic carbocycles. The Morgan fingerprint density at radius 2 is 2.06 bits per heavy atom. The van der Waals surface area contributed by atoms with Gasteiger partial charge in [0.25, 0.3) is 5.91 Å². The van der Waals surface area contributed by atoms with Gasteiger partial charge in [-0.1, -0.05) is 0 Å². The van der Waals surface area contributed by atoms with Gasteiger partial charge in [0.05, 0.1) is 12.8 Å². The van der Waals surface area contributed by atoms with Crippen LogP contribution in [0.25, 0.3) is 0 Å². The molecule has 1 N–H and O–H groups in total. The summed E-state index contributed by atoms with van der Waals surface area (Å²) in [5.74, 6) is 0.287. The van der Waals surface area contributed by atoms with Gasteiger partial charge in [0, 0.05) is 33.2 Å². The number of nitrogens with zero attached hydrogens (tertiary/aromatic N) is 2. The number of likely N-dealkylation sites (N-methyl/N-ethyl adjacent to an activating group) is 1. The number of hydrogen-bond donors (Lipinski definition) is 1. The van der Waals surface area contributed by atoms with Crippen molar-refractivity contribution in [2.24, 2.45) is 0 Å². The molecular formula is C12H17N3O3. The van der Waals surface area contributed by atoms with E-state index in [4.69, 9.17) is 4.42 Å².